The number of benzene rings is 4. The number of hydrogen-bond donors (Lipinski definition) is 0. The summed E-state index contributed by atoms with van der Waals surface area (Å²) >= 11 is 6.83. The molecule has 1 fully saturated rings. The molecule has 0 radical (unpaired) electrons. The first-order valence-electron chi connectivity index (χ1n) is 24.2. The third-order valence-electron chi connectivity index (χ3n) is 13.6. The maximum atomic E-state index is 15.1. The number of allylic oxidation sites excluding steroid dienone is 2. The number of carbonyl (C=O) groups is 4. The molecule has 0 spiro atoms. The van der Waals surface area contributed by atoms with Gasteiger partial charge in [0, 0.05) is 49.4 Å². The van der Waals surface area contributed by atoms with Crippen LogP contribution in [0.1, 0.15) is 85.0 Å². The van der Waals surface area contributed by atoms with E-state index < -0.39 is 59.6 Å². The summed E-state index contributed by atoms with van der Waals surface area (Å²) in [5, 5.41) is 19.0. The number of urea groups is 2. The van der Waals surface area contributed by atoms with E-state index in [0.29, 0.717) is 65.8 Å². The van der Waals surface area contributed by atoms with Crippen molar-refractivity contribution < 1.29 is 76.5 Å². The fourth-order valence-electron chi connectivity index (χ4n) is 10.2. The maximum Gasteiger partial charge on any atom is 0.416 e. The van der Waals surface area contributed by atoms with Gasteiger partial charge in [0.25, 0.3) is 0 Å². The van der Waals surface area contributed by atoms with Crippen LogP contribution in [0.2, 0.25) is 0 Å². The molecule has 4 aromatic carbocycles. The molecule has 0 aliphatic carbocycles. The second kappa shape index (κ2) is 25.3. The Morgan fingerprint density at radius 2 is 1.00 bits per heavy atom. The van der Waals surface area contributed by atoms with E-state index in [1.54, 1.807) is 62.4 Å². The fraction of sp³-hybridized carbons (Fsp3) is 0.370. The molecule has 4 amide bonds. The van der Waals surface area contributed by atoms with E-state index >= 15 is 9.59 Å². The SMILES string of the molecule is CCOC(=O)C1=C(CBr)N(c2cccc(C(F)(F)F)c2)C(=O)N(CCC[N+]2(CCCN3C(=O)N(c4cccc(C(F)(F)F)c4)C(CBr)=C(C(=O)OCC)[C@H]3c3ccc(C#N)cc3)CCCC2)[C@@H]1c1ccc(C#N)cc1.[Br-]. The van der Waals surface area contributed by atoms with Gasteiger partial charge in [-0.1, -0.05) is 68.3 Å². The molecule has 2 atom stereocenters. The number of rotatable bonds is 18. The average molecular weight is 1250 g/mol. The summed E-state index contributed by atoms with van der Waals surface area (Å²) in [6.07, 6.45) is -7.15. The van der Waals surface area contributed by atoms with E-state index in [1.165, 1.54) is 34.1 Å². The lowest BCUT2D eigenvalue weighted by Gasteiger charge is -2.44. The van der Waals surface area contributed by atoms with E-state index in [0.717, 1.165) is 46.9 Å². The minimum atomic E-state index is -4.75. The molecular formula is C54H52Br3F6N7O6. The van der Waals surface area contributed by atoms with Crippen LogP contribution < -0.4 is 26.8 Å². The van der Waals surface area contributed by atoms with E-state index in [1.807, 2.05) is 0 Å². The van der Waals surface area contributed by atoms with Crippen molar-refractivity contribution in [3.05, 3.63) is 153 Å². The predicted octanol–water partition coefficient (Wildman–Crippen LogP) is 8.95. The summed E-state index contributed by atoms with van der Waals surface area (Å²) in [6, 6.07) is 21.7. The summed E-state index contributed by atoms with van der Waals surface area (Å²) in [5.74, 6) is -1.58. The second-order valence-electron chi connectivity index (χ2n) is 18.1. The molecule has 1 saturated heterocycles. The number of carbonyl (C=O) groups excluding carboxylic acids is 4. The molecule has 0 unspecified atom stereocenters. The quantitative estimate of drug-likeness (QED) is 0.0416. The second-order valence-corrected chi connectivity index (χ2v) is 19.2. The predicted molar refractivity (Wildman–Crippen MR) is 273 cm³/mol. The highest BCUT2D eigenvalue weighted by molar-refractivity contribution is 9.09. The lowest BCUT2D eigenvalue weighted by Crippen LogP contribution is -3.00. The number of amides is 4. The maximum absolute atomic E-state index is 15.1. The standard InChI is InChI=1S/C54H52Br2F6N7O6.BrH/c1-3-74-49(70)45-43(31-55)67(41-13-7-11-39(29-41)53(57,58)59)51(72)65(47(45)37-19-15-35(33-63)16-20-37)23-9-27-69(25-5-6-26-69)28-10-24-66-48(38-21-17-36(34-64)18-22-38)46(50(71)75-4-2)44(32-56)68(52(66)73)42-14-8-12-40(30-42)54(60,61)62;/h7-8,11-22,29-30,47-48H,3-6,9-10,23-28,31-32H2,1-2H3;1H/q+1;/p-1/t47-,48-;/m1./s1. The van der Waals surface area contributed by atoms with Gasteiger partial charge in [0.15, 0.2) is 0 Å². The van der Waals surface area contributed by atoms with Crippen molar-refractivity contribution in [2.24, 2.45) is 0 Å². The molecule has 0 aromatic heterocycles. The lowest BCUT2D eigenvalue weighted by atomic mass is 9.91. The van der Waals surface area contributed by atoms with Crippen molar-refractivity contribution in [1.29, 1.82) is 10.5 Å². The molecule has 4 aromatic rings. The van der Waals surface area contributed by atoms with Crippen molar-refractivity contribution in [3.8, 4) is 12.1 Å². The molecule has 7 rings (SSSR count). The van der Waals surface area contributed by atoms with Crippen molar-refractivity contribution in [1.82, 2.24) is 9.80 Å². The molecule has 22 heteroatoms. The van der Waals surface area contributed by atoms with Crippen molar-refractivity contribution in [2.75, 3.05) is 72.9 Å². The van der Waals surface area contributed by atoms with Crippen LogP contribution in [0.15, 0.2) is 120 Å². The van der Waals surface area contributed by atoms with Gasteiger partial charge >= 0.3 is 36.4 Å². The number of nitriles is 2. The van der Waals surface area contributed by atoms with E-state index in [2.05, 4.69) is 44.0 Å². The topological polar surface area (TPSA) is 147 Å². The largest absolute Gasteiger partial charge is 1.00 e. The number of hydrogen-bond acceptors (Lipinski definition) is 8. The van der Waals surface area contributed by atoms with Gasteiger partial charge in [-0.05, 0) is 85.6 Å². The summed E-state index contributed by atoms with van der Waals surface area (Å²) in [4.78, 5) is 63.5. The van der Waals surface area contributed by atoms with Crippen LogP contribution in [0, 0.1) is 22.7 Å². The van der Waals surface area contributed by atoms with Gasteiger partial charge in [-0.3, -0.25) is 9.80 Å². The number of likely N-dealkylation sites (tertiary alicyclic amines) is 1. The zero-order chi connectivity index (χ0) is 54.2. The third-order valence-corrected chi connectivity index (χ3v) is 14.7. The molecule has 3 aliphatic heterocycles. The van der Waals surface area contributed by atoms with Gasteiger partial charge in [0.1, 0.15) is 0 Å². The highest BCUT2D eigenvalue weighted by atomic mass is 79.9. The highest BCUT2D eigenvalue weighted by Crippen LogP contribution is 2.45. The molecule has 3 aliphatic rings. The Kier molecular flexibility index (Phi) is 19.7. The van der Waals surface area contributed by atoms with Gasteiger partial charge in [-0.2, -0.15) is 36.9 Å². The highest BCUT2D eigenvalue weighted by Gasteiger charge is 2.47. The van der Waals surface area contributed by atoms with Gasteiger partial charge < -0.3 is 40.7 Å². The average Bonchev–Trinajstić information content (AvgIpc) is 3.87. The summed E-state index contributed by atoms with van der Waals surface area (Å²) in [5.41, 5.74) is -0.527. The summed E-state index contributed by atoms with van der Waals surface area (Å²) in [7, 11) is 0. The molecule has 0 bridgehead atoms. The Morgan fingerprint density at radius 1 is 0.632 bits per heavy atom. The lowest BCUT2D eigenvalue weighted by molar-refractivity contribution is -0.917. The smallest absolute Gasteiger partial charge is 0.416 e. The number of esters is 2. The first-order chi connectivity index (χ1) is 35.8. The molecule has 402 valence electrons. The monoisotopic (exact) mass is 1250 g/mol. The third kappa shape index (κ3) is 12.6. The van der Waals surface area contributed by atoms with Crippen LogP contribution in [-0.4, -0.2) is 101 Å². The molecule has 0 saturated carbocycles. The van der Waals surface area contributed by atoms with Gasteiger partial charge in [-0.25, -0.2) is 19.2 Å². The van der Waals surface area contributed by atoms with Crippen LogP contribution in [0.25, 0.3) is 0 Å². The van der Waals surface area contributed by atoms with Gasteiger partial charge in [0.05, 0.1) is 120 Å². The van der Waals surface area contributed by atoms with Gasteiger partial charge in [0.2, 0.25) is 0 Å². The van der Waals surface area contributed by atoms with E-state index in [-0.39, 0.29) is 87.9 Å². The number of nitrogens with zero attached hydrogens (tertiary/aromatic N) is 7. The van der Waals surface area contributed by atoms with Crippen molar-refractivity contribution in [2.45, 2.75) is 64.0 Å². The van der Waals surface area contributed by atoms with Crippen LogP contribution in [0.4, 0.5) is 47.3 Å². The molecule has 0 N–H and O–H groups in total. The number of anilines is 2. The van der Waals surface area contributed by atoms with E-state index in [9.17, 15) is 46.5 Å². The summed E-state index contributed by atoms with van der Waals surface area (Å²) < 4.78 is 96.5. The number of alkyl halides is 8. The van der Waals surface area contributed by atoms with Crippen LogP contribution in [0.5, 0.6) is 0 Å². The first-order valence-corrected chi connectivity index (χ1v) is 26.4. The number of ether oxygens (including phenoxy) is 2. The van der Waals surface area contributed by atoms with Gasteiger partial charge in [-0.15, -0.1) is 0 Å². The Balaban J connectivity index is 0.00000937. The van der Waals surface area contributed by atoms with Crippen molar-refractivity contribution >= 4 is 67.2 Å². The zero-order valence-corrected chi connectivity index (χ0v) is 46.0. The van der Waals surface area contributed by atoms with Crippen molar-refractivity contribution in [3.63, 3.8) is 0 Å². The number of quaternary nitrogens is 1. The Labute approximate surface area is 463 Å². The van der Waals surface area contributed by atoms with Crippen LogP contribution >= 0.6 is 31.9 Å². The summed E-state index contributed by atoms with van der Waals surface area (Å²) in [6.45, 7) is 5.50. The zero-order valence-electron chi connectivity index (χ0n) is 41.3. The minimum absolute atomic E-state index is 0. The molecule has 3 heterocycles. The number of halogens is 9. The molecular weight excluding hydrogens is 1200 g/mol. The van der Waals surface area contributed by atoms with E-state index in [4.69, 9.17) is 9.47 Å². The first kappa shape index (κ1) is 59.1. The fourth-order valence-corrected chi connectivity index (χ4v) is 11.3. The molecule has 76 heavy (non-hydrogen) atoms. The molecule has 13 nitrogen and oxygen atoms in total. The Bertz CT molecular complexity index is 2740. The Hall–Kier alpha value is -6.20. The van der Waals surface area contributed by atoms with Crippen LogP contribution in [-0.2, 0) is 31.4 Å². The Morgan fingerprint density at radius 3 is 1.32 bits per heavy atom. The van der Waals surface area contributed by atoms with Crippen LogP contribution in [0.3, 0.4) is 0 Å². The minimum Gasteiger partial charge on any atom is -1.00 e. The normalized spacial score (nSPS) is 17.8.